The van der Waals surface area contributed by atoms with Crippen molar-refractivity contribution in [3.8, 4) is 0 Å². The highest BCUT2D eigenvalue weighted by Crippen LogP contribution is 2.20. The predicted octanol–water partition coefficient (Wildman–Crippen LogP) is 2.18. The fraction of sp³-hybridized carbons (Fsp3) is 0.200. The van der Waals surface area contributed by atoms with Crippen LogP contribution in [0.2, 0.25) is 5.02 Å². The molecule has 5 nitrogen and oxygen atoms in total. The van der Waals surface area contributed by atoms with E-state index < -0.39 is 12.0 Å². The number of halogens is 1. The summed E-state index contributed by atoms with van der Waals surface area (Å²) < 4.78 is 0. The van der Waals surface area contributed by atoms with Crippen LogP contribution < -0.4 is 10.6 Å². The van der Waals surface area contributed by atoms with Crippen molar-refractivity contribution in [2.45, 2.75) is 6.92 Å². The first kappa shape index (κ1) is 12.3. The molecule has 0 aliphatic rings. The Bertz CT molecular complexity index is 421. The van der Waals surface area contributed by atoms with E-state index in [0.29, 0.717) is 11.6 Å². The molecule has 0 aliphatic heterocycles. The first-order valence-electron chi connectivity index (χ1n) is 4.62. The molecule has 0 aromatic heterocycles. The van der Waals surface area contributed by atoms with Crippen molar-refractivity contribution in [2.24, 2.45) is 0 Å². The van der Waals surface area contributed by atoms with E-state index in [1.165, 1.54) is 18.2 Å². The second kappa shape index (κ2) is 5.37. The highest BCUT2D eigenvalue weighted by atomic mass is 35.5. The van der Waals surface area contributed by atoms with E-state index in [0.717, 1.165) is 0 Å². The Morgan fingerprint density at radius 1 is 1.44 bits per heavy atom. The molecule has 1 aromatic rings. The first-order chi connectivity index (χ1) is 7.54. The molecular formula is C10H11ClN2O3. The van der Waals surface area contributed by atoms with Crippen molar-refractivity contribution < 1.29 is 14.7 Å². The van der Waals surface area contributed by atoms with E-state index in [1.54, 1.807) is 6.92 Å². The molecule has 3 N–H and O–H groups in total. The highest BCUT2D eigenvalue weighted by Gasteiger charge is 2.12. The fourth-order valence-corrected chi connectivity index (χ4v) is 1.31. The lowest BCUT2D eigenvalue weighted by atomic mass is 10.2. The predicted molar refractivity (Wildman–Crippen MR) is 61.1 cm³/mol. The lowest BCUT2D eigenvalue weighted by molar-refractivity contribution is 0.0698. The molecule has 0 fully saturated rings. The van der Waals surface area contributed by atoms with Gasteiger partial charge in [0.2, 0.25) is 0 Å². The smallest absolute Gasteiger partial charge is 0.337 e. The maximum atomic E-state index is 11.2. The van der Waals surface area contributed by atoms with E-state index in [1.807, 2.05) is 0 Å². The zero-order chi connectivity index (χ0) is 12.1. The van der Waals surface area contributed by atoms with Crippen molar-refractivity contribution in [1.82, 2.24) is 5.32 Å². The number of carbonyl (C=O) groups is 2. The Morgan fingerprint density at radius 3 is 2.69 bits per heavy atom. The monoisotopic (exact) mass is 242 g/mol. The van der Waals surface area contributed by atoms with E-state index in [4.69, 9.17) is 16.7 Å². The normalized spacial score (nSPS) is 9.62. The maximum absolute atomic E-state index is 11.2. The molecule has 2 amide bonds. The Kier molecular flexibility index (Phi) is 4.13. The van der Waals surface area contributed by atoms with Gasteiger partial charge in [0.25, 0.3) is 0 Å². The van der Waals surface area contributed by atoms with E-state index in [9.17, 15) is 9.59 Å². The number of aromatic carboxylic acids is 1. The van der Waals surface area contributed by atoms with Crippen LogP contribution in [-0.2, 0) is 0 Å². The van der Waals surface area contributed by atoms with E-state index >= 15 is 0 Å². The minimum atomic E-state index is -1.12. The minimum Gasteiger partial charge on any atom is -0.478 e. The van der Waals surface area contributed by atoms with Crippen LogP contribution in [0.5, 0.6) is 0 Å². The lowest BCUT2D eigenvalue weighted by Crippen LogP contribution is -2.28. The molecule has 0 unspecified atom stereocenters. The SMILES string of the molecule is CCNC(=O)Nc1cc(Cl)ccc1C(=O)O. The number of carbonyl (C=O) groups excluding carboxylic acids is 1. The van der Waals surface area contributed by atoms with Gasteiger partial charge in [0.05, 0.1) is 11.3 Å². The van der Waals surface area contributed by atoms with Gasteiger partial charge < -0.3 is 15.7 Å². The molecule has 0 aliphatic carbocycles. The van der Waals surface area contributed by atoms with E-state index in [2.05, 4.69) is 10.6 Å². The van der Waals surface area contributed by atoms with Gasteiger partial charge in [-0.25, -0.2) is 9.59 Å². The van der Waals surface area contributed by atoms with Crippen molar-refractivity contribution in [3.05, 3.63) is 28.8 Å². The van der Waals surface area contributed by atoms with Crippen molar-refractivity contribution in [3.63, 3.8) is 0 Å². The molecule has 0 heterocycles. The molecule has 1 rings (SSSR count). The van der Waals surface area contributed by atoms with Crippen LogP contribution in [0.25, 0.3) is 0 Å². The summed E-state index contributed by atoms with van der Waals surface area (Å²) in [5.41, 5.74) is 0.168. The average molecular weight is 243 g/mol. The maximum Gasteiger partial charge on any atom is 0.337 e. The number of nitrogens with one attached hydrogen (secondary N) is 2. The molecule has 0 saturated carbocycles. The van der Waals surface area contributed by atoms with Crippen molar-refractivity contribution >= 4 is 29.3 Å². The van der Waals surface area contributed by atoms with Gasteiger partial charge in [0, 0.05) is 11.6 Å². The fourth-order valence-electron chi connectivity index (χ4n) is 1.13. The van der Waals surface area contributed by atoms with Crippen LogP contribution in [0, 0.1) is 0 Å². The van der Waals surface area contributed by atoms with Gasteiger partial charge in [-0.05, 0) is 25.1 Å². The van der Waals surface area contributed by atoms with E-state index in [-0.39, 0.29) is 11.3 Å². The van der Waals surface area contributed by atoms with Gasteiger partial charge in [0.1, 0.15) is 0 Å². The summed E-state index contributed by atoms with van der Waals surface area (Å²) >= 11 is 5.72. The van der Waals surface area contributed by atoms with Gasteiger partial charge in [-0.3, -0.25) is 0 Å². The van der Waals surface area contributed by atoms with Crippen LogP contribution >= 0.6 is 11.6 Å². The Hall–Kier alpha value is -1.75. The standard InChI is InChI=1S/C10H11ClN2O3/c1-2-12-10(16)13-8-5-6(11)3-4-7(8)9(14)15/h3-5H,2H2,1H3,(H,14,15)(H2,12,13,16). The summed E-state index contributed by atoms with van der Waals surface area (Å²) in [6.07, 6.45) is 0. The minimum absolute atomic E-state index is 0.00402. The summed E-state index contributed by atoms with van der Waals surface area (Å²) in [5.74, 6) is -1.12. The van der Waals surface area contributed by atoms with Crippen LogP contribution in [0.4, 0.5) is 10.5 Å². The molecule has 16 heavy (non-hydrogen) atoms. The second-order valence-electron chi connectivity index (χ2n) is 2.98. The molecular weight excluding hydrogens is 232 g/mol. The van der Waals surface area contributed by atoms with Gasteiger partial charge in [0.15, 0.2) is 0 Å². The molecule has 0 bridgehead atoms. The number of rotatable bonds is 3. The second-order valence-corrected chi connectivity index (χ2v) is 3.42. The lowest BCUT2D eigenvalue weighted by Gasteiger charge is -2.09. The number of hydrogen-bond acceptors (Lipinski definition) is 2. The number of urea groups is 1. The van der Waals surface area contributed by atoms with Crippen LogP contribution in [-0.4, -0.2) is 23.7 Å². The molecule has 0 radical (unpaired) electrons. The van der Waals surface area contributed by atoms with Gasteiger partial charge in [-0.15, -0.1) is 0 Å². The zero-order valence-electron chi connectivity index (χ0n) is 8.58. The van der Waals surface area contributed by atoms with Crippen molar-refractivity contribution in [2.75, 3.05) is 11.9 Å². The summed E-state index contributed by atoms with van der Waals surface area (Å²) in [5, 5.41) is 14.2. The number of carboxylic acids is 1. The number of benzene rings is 1. The molecule has 86 valence electrons. The number of carboxylic acid groups (broad SMARTS) is 1. The molecule has 0 saturated heterocycles. The number of hydrogen-bond donors (Lipinski definition) is 3. The van der Waals surface area contributed by atoms with Crippen LogP contribution in [0.1, 0.15) is 17.3 Å². The topological polar surface area (TPSA) is 78.4 Å². The molecule has 6 heteroatoms. The third-order valence-corrected chi connectivity index (χ3v) is 2.03. The molecule has 1 aromatic carbocycles. The summed E-state index contributed by atoms with van der Waals surface area (Å²) in [6.45, 7) is 2.21. The first-order valence-corrected chi connectivity index (χ1v) is 5.00. The van der Waals surface area contributed by atoms with Crippen LogP contribution in [0.3, 0.4) is 0 Å². The summed E-state index contributed by atoms with van der Waals surface area (Å²) in [4.78, 5) is 22.1. The van der Waals surface area contributed by atoms with Crippen LogP contribution in [0.15, 0.2) is 18.2 Å². The summed E-state index contributed by atoms with van der Waals surface area (Å²) in [6, 6.07) is 3.72. The van der Waals surface area contributed by atoms with Gasteiger partial charge in [-0.2, -0.15) is 0 Å². The highest BCUT2D eigenvalue weighted by molar-refractivity contribution is 6.31. The third-order valence-electron chi connectivity index (χ3n) is 1.80. The third kappa shape index (κ3) is 3.13. The van der Waals surface area contributed by atoms with Gasteiger partial charge >= 0.3 is 12.0 Å². The number of anilines is 1. The molecule has 0 spiro atoms. The average Bonchev–Trinajstić information content (AvgIpc) is 2.17. The quantitative estimate of drug-likeness (QED) is 0.760. The van der Waals surface area contributed by atoms with Gasteiger partial charge in [-0.1, -0.05) is 11.6 Å². The largest absolute Gasteiger partial charge is 0.478 e. The zero-order valence-corrected chi connectivity index (χ0v) is 9.34. The summed E-state index contributed by atoms with van der Waals surface area (Å²) in [7, 11) is 0. The Balaban J connectivity index is 2.96. The Morgan fingerprint density at radius 2 is 2.12 bits per heavy atom. The number of amides is 2. The van der Waals surface area contributed by atoms with Crippen molar-refractivity contribution in [1.29, 1.82) is 0 Å². The molecule has 0 atom stereocenters. The Labute approximate surface area is 97.4 Å².